The molecule has 0 unspecified atom stereocenters. The maximum atomic E-state index is 14.2. The molecule has 4 aliphatic rings. The highest BCUT2D eigenvalue weighted by molar-refractivity contribution is 6.38. The zero-order valence-electron chi connectivity index (χ0n) is 22.9. The van der Waals surface area contributed by atoms with Gasteiger partial charge < -0.3 is 25.0 Å². The number of aromatic hydroxyl groups is 3. The number of rotatable bonds is 5. The van der Waals surface area contributed by atoms with Crippen molar-refractivity contribution in [1.82, 2.24) is 4.98 Å². The lowest BCUT2D eigenvalue weighted by molar-refractivity contribution is 0.0790. The van der Waals surface area contributed by atoms with Crippen molar-refractivity contribution in [2.24, 2.45) is 5.92 Å². The maximum Gasteiger partial charge on any atom is 0.260 e. The second-order valence-corrected chi connectivity index (χ2v) is 11.4. The van der Waals surface area contributed by atoms with Gasteiger partial charge >= 0.3 is 0 Å². The number of aryl methyl sites for hydroxylation is 1. The summed E-state index contributed by atoms with van der Waals surface area (Å²) in [5, 5.41) is 34.2. The van der Waals surface area contributed by atoms with E-state index in [4.69, 9.17) is 4.74 Å². The van der Waals surface area contributed by atoms with Crippen molar-refractivity contribution < 1.29 is 39.2 Å². The number of carbonyl (C=O) groups is 4. The Balaban J connectivity index is 1.39. The number of carbonyl (C=O) groups excluding carboxylic acids is 4. The van der Waals surface area contributed by atoms with Crippen LogP contribution >= 0.6 is 0 Å². The first-order valence-electron chi connectivity index (χ1n) is 14.0. The number of nitrogens with one attached hydrogen (secondary N) is 1. The van der Waals surface area contributed by atoms with Gasteiger partial charge in [-0.1, -0.05) is 24.3 Å². The maximum absolute atomic E-state index is 14.2. The van der Waals surface area contributed by atoms with Crippen LogP contribution < -0.4 is 5.56 Å². The molecule has 1 aromatic heterocycles. The Morgan fingerprint density at radius 1 is 0.930 bits per heavy atom. The number of fused-ring (bicyclic) bond motifs is 5. The highest BCUT2D eigenvalue weighted by Crippen LogP contribution is 2.57. The lowest BCUT2D eigenvalue weighted by Gasteiger charge is -2.22. The minimum atomic E-state index is -2.07. The Labute approximate surface area is 243 Å². The van der Waals surface area contributed by atoms with Crippen LogP contribution in [0.25, 0.3) is 16.8 Å². The zero-order chi connectivity index (χ0) is 30.4. The second kappa shape index (κ2) is 9.12. The minimum absolute atomic E-state index is 0.0880. The van der Waals surface area contributed by atoms with Gasteiger partial charge in [0, 0.05) is 17.3 Å². The summed E-state index contributed by atoms with van der Waals surface area (Å²) in [6.07, 6.45) is 9.82. The molecule has 2 aromatic carbocycles. The van der Waals surface area contributed by atoms with Gasteiger partial charge in [0.25, 0.3) is 5.56 Å². The molecule has 10 nitrogen and oxygen atoms in total. The van der Waals surface area contributed by atoms with Crippen molar-refractivity contribution in [3.05, 3.63) is 91.6 Å². The molecule has 1 fully saturated rings. The first kappa shape index (κ1) is 26.6. The predicted molar refractivity (Wildman–Crippen MR) is 154 cm³/mol. The molecule has 1 spiro atoms. The van der Waals surface area contributed by atoms with Crippen LogP contribution in [0.5, 0.6) is 17.2 Å². The molecule has 0 amide bonds. The van der Waals surface area contributed by atoms with Gasteiger partial charge in [-0.25, -0.2) is 0 Å². The van der Waals surface area contributed by atoms with Crippen molar-refractivity contribution in [3.8, 4) is 17.2 Å². The Hall–Kier alpha value is -5.25. The standard InChI is InChI=1S/C33H25NO9/c1-2-3-4-5-17-11-16-10-15-8-9-33(25(15)29(39)20(16)32(42)34-17)30(40)23-24(31(33)41)28(38)22-21(27(23)37)18(35)12-19(26(22)36)43-13-14-6-7-14/h2-5,10-12,14,37-39H,6-9,13H2,1H3,(H,34,42)/b3-2+,5-4+/t33-/m0/s1. The third-order valence-electron chi connectivity index (χ3n) is 8.79. The van der Waals surface area contributed by atoms with E-state index in [0.29, 0.717) is 16.6 Å². The number of aromatic amines is 1. The number of aromatic nitrogens is 1. The number of pyridine rings is 1. The van der Waals surface area contributed by atoms with Crippen molar-refractivity contribution in [2.75, 3.05) is 6.61 Å². The van der Waals surface area contributed by atoms with Gasteiger partial charge in [0.05, 0.1) is 34.2 Å². The predicted octanol–water partition coefficient (Wildman–Crippen LogP) is 4.19. The molecule has 0 saturated heterocycles. The SMILES string of the molecule is C/C=C/C=C/c1cc2cc3c(c(O)c2c(=O)[nH]1)[C@@]1(CC3)C(=O)c2c(O)c3c(c(O)c2C1=O)C(=O)C(OCC1CC1)=CC3=O. The van der Waals surface area contributed by atoms with Crippen molar-refractivity contribution in [1.29, 1.82) is 0 Å². The van der Waals surface area contributed by atoms with E-state index >= 15 is 0 Å². The zero-order valence-corrected chi connectivity index (χ0v) is 22.9. The molecule has 4 N–H and O–H groups in total. The van der Waals surface area contributed by atoms with Crippen molar-refractivity contribution in [3.63, 3.8) is 0 Å². The summed E-state index contributed by atoms with van der Waals surface area (Å²) < 4.78 is 5.52. The quantitative estimate of drug-likeness (QED) is 0.197. The lowest BCUT2D eigenvalue weighted by Crippen LogP contribution is -2.36. The van der Waals surface area contributed by atoms with Gasteiger partial charge in [-0.3, -0.25) is 24.0 Å². The van der Waals surface area contributed by atoms with Crippen LogP contribution in [0, 0.1) is 5.92 Å². The van der Waals surface area contributed by atoms with E-state index in [1.54, 1.807) is 30.4 Å². The monoisotopic (exact) mass is 579 g/mol. The number of allylic oxidation sites excluding steroid dienone is 5. The van der Waals surface area contributed by atoms with Crippen LogP contribution in [0.15, 0.2) is 47.0 Å². The summed E-state index contributed by atoms with van der Waals surface area (Å²) >= 11 is 0. The van der Waals surface area contributed by atoms with Crippen LogP contribution in [-0.4, -0.2) is 50.0 Å². The van der Waals surface area contributed by atoms with E-state index in [1.165, 1.54) is 0 Å². The van der Waals surface area contributed by atoms with Gasteiger partial charge in [-0.2, -0.15) is 0 Å². The number of ether oxygens (including phenoxy) is 1. The van der Waals surface area contributed by atoms with E-state index < -0.39 is 73.6 Å². The number of ketones is 4. The minimum Gasteiger partial charge on any atom is -0.507 e. The molecule has 3 aromatic rings. The van der Waals surface area contributed by atoms with Crippen LogP contribution in [-0.2, 0) is 16.6 Å². The number of Topliss-reactive ketones (excluding diaryl/α,β-unsaturated/α-hetero) is 3. The van der Waals surface area contributed by atoms with Crippen LogP contribution in [0.3, 0.4) is 0 Å². The second-order valence-electron chi connectivity index (χ2n) is 11.4. The third-order valence-corrected chi connectivity index (χ3v) is 8.79. The Morgan fingerprint density at radius 2 is 1.63 bits per heavy atom. The first-order valence-corrected chi connectivity index (χ1v) is 14.0. The summed E-state index contributed by atoms with van der Waals surface area (Å²) in [6, 6.07) is 3.30. The number of hydrogen-bond acceptors (Lipinski definition) is 9. The number of hydrogen-bond donors (Lipinski definition) is 4. The summed E-state index contributed by atoms with van der Waals surface area (Å²) in [4.78, 5) is 70.5. The molecule has 216 valence electrons. The topological polar surface area (TPSA) is 171 Å². The normalized spacial score (nSPS) is 20.9. The van der Waals surface area contributed by atoms with Crippen LogP contribution in [0.2, 0.25) is 0 Å². The van der Waals surface area contributed by atoms with E-state index in [1.807, 2.05) is 13.0 Å². The molecule has 1 saturated carbocycles. The summed E-state index contributed by atoms with van der Waals surface area (Å²) in [6.45, 7) is 2.05. The molecule has 0 bridgehead atoms. The Bertz CT molecular complexity index is 2020. The molecule has 1 heterocycles. The third kappa shape index (κ3) is 3.55. The lowest BCUT2D eigenvalue weighted by atomic mass is 9.76. The molecule has 43 heavy (non-hydrogen) atoms. The first-order chi connectivity index (χ1) is 20.6. The average molecular weight is 580 g/mol. The van der Waals surface area contributed by atoms with Gasteiger partial charge in [0.1, 0.15) is 22.7 Å². The largest absolute Gasteiger partial charge is 0.507 e. The number of H-pyrrole nitrogens is 1. The highest BCUT2D eigenvalue weighted by Gasteiger charge is 2.61. The van der Waals surface area contributed by atoms with Crippen LogP contribution in [0.4, 0.5) is 0 Å². The molecule has 1 atom stereocenters. The number of phenolic OH excluding ortho intramolecular Hbond substituents is 3. The van der Waals surface area contributed by atoms with E-state index in [2.05, 4.69) is 4.98 Å². The molecule has 0 radical (unpaired) electrons. The smallest absolute Gasteiger partial charge is 0.260 e. The van der Waals surface area contributed by atoms with Crippen molar-refractivity contribution >= 4 is 40.0 Å². The average Bonchev–Trinajstić information content (AvgIpc) is 3.67. The number of phenols is 3. The molecular weight excluding hydrogens is 554 g/mol. The van der Waals surface area contributed by atoms with E-state index in [0.717, 1.165) is 18.9 Å². The van der Waals surface area contributed by atoms with Gasteiger partial charge in [0.15, 0.2) is 23.1 Å². The highest BCUT2D eigenvalue weighted by atomic mass is 16.5. The fourth-order valence-corrected chi connectivity index (χ4v) is 6.57. The summed E-state index contributed by atoms with van der Waals surface area (Å²) in [7, 11) is 0. The number of benzene rings is 2. The molecule has 4 aliphatic carbocycles. The molecule has 7 rings (SSSR count). The fourth-order valence-electron chi connectivity index (χ4n) is 6.57. The summed E-state index contributed by atoms with van der Waals surface area (Å²) in [5.41, 5.74) is -4.27. The molecular formula is C33H25NO9. The van der Waals surface area contributed by atoms with Crippen LogP contribution in [0.1, 0.15) is 84.4 Å². The molecule has 10 heteroatoms. The van der Waals surface area contributed by atoms with Gasteiger partial charge in [0.2, 0.25) is 5.78 Å². The summed E-state index contributed by atoms with van der Waals surface area (Å²) in [5.74, 6) is -6.03. The Kier molecular flexibility index (Phi) is 5.65. The molecule has 0 aliphatic heterocycles. The Morgan fingerprint density at radius 3 is 2.30 bits per heavy atom. The van der Waals surface area contributed by atoms with Gasteiger partial charge in [-0.05, 0) is 61.6 Å². The van der Waals surface area contributed by atoms with E-state index in [-0.39, 0.29) is 42.1 Å². The van der Waals surface area contributed by atoms with Crippen molar-refractivity contribution in [2.45, 2.75) is 38.0 Å². The van der Waals surface area contributed by atoms with Gasteiger partial charge in [-0.15, -0.1) is 0 Å². The fraction of sp³-hybridized carbons (Fsp3) is 0.242. The van der Waals surface area contributed by atoms with E-state index in [9.17, 15) is 39.3 Å².